The second-order valence-electron chi connectivity index (χ2n) is 4.34. The Bertz CT molecular complexity index is 627. The fourth-order valence-corrected chi connectivity index (χ4v) is 1.91. The first-order chi connectivity index (χ1) is 9.74. The van der Waals surface area contributed by atoms with Crippen LogP contribution in [0.2, 0.25) is 0 Å². The summed E-state index contributed by atoms with van der Waals surface area (Å²) in [6.07, 6.45) is 0. The molecule has 106 valence electrons. The van der Waals surface area contributed by atoms with Gasteiger partial charge in [-0.25, -0.2) is 0 Å². The smallest absolute Gasteiger partial charge is 0.169 e. The molecule has 2 bridgehead atoms. The Morgan fingerprint density at radius 2 is 1.60 bits per heavy atom. The van der Waals surface area contributed by atoms with Crippen molar-refractivity contribution in [3.8, 4) is 11.5 Å². The summed E-state index contributed by atoms with van der Waals surface area (Å²) in [6.45, 7) is 7.43. The van der Waals surface area contributed by atoms with Crippen molar-refractivity contribution in [1.29, 1.82) is 0 Å². The molecule has 0 fully saturated rings. The highest BCUT2D eigenvalue weighted by Crippen LogP contribution is 2.28. The molecule has 3 rings (SSSR count). The minimum absolute atomic E-state index is 0.694. The Labute approximate surface area is 119 Å². The Morgan fingerprint density at radius 3 is 2.15 bits per heavy atom. The summed E-state index contributed by atoms with van der Waals surface area (Å²) in [6, 6.07) is 13.8. The number of para-hydroxylation sites is 1. The molecule has 0 atom stereocenters. The van der Waals surface area contributed by atoms with Gasteiger partial charge in [-0.3, -0.25) is 0 Å². The molecule has 0 N–H and O–H groups in total. The van der Waals surface area contributed by atoms with E-state index < -0.39 is 0 Å². The molecule has 3 heteroatoms. The number of aryl methyl sites for hydroxylation is 1. The number of benzene rings is 2. The van der Waals surface area contributed by atoms with E-state index in [0.29, 0.717) is 6.61 Å². The summed E-state index contributed by atoms with van der Waals surface area (Å²) >= 11 is 0. The van der Waals surface area contributed by atoms with E-state index in [0.717, 1.165) is 29.3 Å². The van der Waals surface area contributed by atoms with E-state index in [1.54, 1.807) is 0 Å². The maximum Gasteiger partial charge on any atom is 0.169 e. The van der Waals surface area contributed by atoms with Gasteiger partial charge in [0.2, 0.25) is 0 Å². The molecule has 2 heterocycles. The van der Waals surface area contributed by atoms with E-state index in [9.17, 15) is 0 Å². The maximum atomic E-state index is 5.34. The van der Waals surface area contributed by atoms with E-state index >= 15 is 0 Å². The van der Waals surface area contributed by atoms with Gasteiger partial charge in [0.15, 0.2) is 11.3 Å². The van der Waals surface area contributed by atoms with Crippen molar-refractivity contribution in [2.24, 2.45) is 0 Å². The number of hydrogen-bond donors (Lipinski definition) is 0. The van der Waals surface area contributed by atoms with Gasteiger partial charge in [-0.2, -0.15) is 0 Å². The molecule has 0 radical (unpaired) electrons. The predicted molar refractivity (Wildman–Crippen MR) is 80.9 cm³/mol. The zero-order chi connectivity index (χ0) is 14.4. The lowest BCUT2D eigenvalue weighted by atomic mass is 10.2. The molecule has 0 saturated carbocycles. The van der Waals surface area contributed by atoms with Crippen molar-refractivity contribution in [3.05, 3.63) is 48.0 Å². The molecular weight excluding hydrogens is 252 g/mol. The molecule has 0 spiro atoms. The lowest BCUT2D eigenvalue weighted by Crippen LogP contribution is -1.92. The Kier molecular flexibility index (Phi) is 4.88. The minimum Gasteiger partial charge on any atom is -0.494 e. The second kappa shape index (κ2) is 6.85. The standard InChI is InChI=1S/C9H12O.C8H8O2/c1-3-10-9-7-5-4-6-8(9)2;1-2-9-8-5-6-3-4-7(8)10-6/h4-7H,3H2,1-2H3;3-5H,2H2,1H3. The van der Waals surface area contributed by atoms with Gasteiger partial charge in [-0.05, 0) is 44.5 Å². The normalized spacial score (nSPS) is 10.2. The summed E-state index contributed by atoms with van der Waals surface area (Å²) < 4.78 is 15.8. The number of fused-ring (bicyclic) bond motifs is 2. The first-order valence-electron chi connectivity index (χ1n) is 6.87. The van der Waals surface area contributed by atoms with Crippen molar-refractivity contribution in [1.82, 2.24) is 0 Å². The highest BCUT2D eigenvalue weighted by molar-refractivity contribution is 5.69. The molecule has 0 saturated heterocycles. The largest absolute Gasteiger partial charge is 0.494 e. The lowest BCUT2D eigenvalue weighted by Gasteiger charge is -2.04. The molecule has 2 aromatic heterocycles. The van der Waals surface area contributed by atoms with E-state index in [4.69, 9.17) is 13.9 Å². The monoisotopic (exact) mass is 272 g/mol. The first kappa shape index (κ1) is 14.3. The average molecular weight is 272 g/mol. The van der Waals surface area contributed by atoms with Crippen LogP contribution in [0.3, 0.4) is 0 Å². The molecule has 0 amide bonds. The van der Waals surface area contributed by atoms with Crippen LogP contribution in [-0.2, 0) is 0 Å². The van der Waals surface area contributed by atoms with Crippen LogP contribution in [0.4, 0.5) is 0 Å². The highest BCUT2D eigenvalue weighted by Gasteiger charge is 2.05. The molecule has 3 aromatic rings. The highest BCUT2D eigenvalue weighted by atomic mass is 16.5. The van der Waals surface area contributed by atoms with Crippen molar-refractivity contribution in [2.45, 2.75) is 20.8 Å². The molecule has 20 heavy (non-hydrogen) atoms. The van der Waals surface area contributed by atoms with E-state index in [1.165, 1.54) is 5.56 Å². The Hall–Kier alpha value is -2.16. The summed E-state index contributed by atoms with van der Waals surface area (Å²) in [5, 5.41) is 0. The third kappa shape index (κ3) is 3.44. The summed E-state index contributed by atoms with van der Waals surface area (Å²) in [5.74, 6) is 1.85. The molecular formula is C17H20O3. The van der Waals surface area contributed by atoms with E-state index in [-0.39, 0.29) is 0 Å². The average Bonchev–Trinajstić information content (AvgIpc) is 3.05. The van der Waals surface area contributed by atoms with Crippen LogP contribution in [0.1, 0.15) is 19.4 Å². The van der Waals surface area contributed by atoms with Gasteiger partial charge in [-0.1, -0.05) is 18.2 Å². The van der Waals surface area contributed by atoms with Crippen LogP contribution in [0, 0.1) is 6.92 Å². The van der Waals surface area contributed by atoms with Gasteiger partial charge in [0.05, 0.1) is 13.2 Å². The topological polar surface area (TPSA) is 31.6 Å². The minimum atomic E-state index is 0.694. The van der Waals surface area contributed by atoms with Crippen LogP contribution in [0.5, 0.6) is 11.5 Å². The van der Waals surface area contributed by atoms with Crippen molar-refractivity contribution < 1.29 is 13.9 Å². The fraction of sp³-hybridized carbons (Fsp3) is 0.294. The number of ether oxygens (including phenoxy) is 2. The number of rotatable bonds is 4. The Morgan fingerprint density at radius 1 is 0.900 bits per heavy atom. The van der Waals surface area contributed by atoms with Gasteiger partial charge in [0.1, 0.15) is 11.3 Å². The van der Waals surface area contributed by atoms with Crippen LogP contribution in [0.25, 0.3) is 11.2 Å². The van der Waals surface area contributed by atoms with Gasteiger partial charge >= 0.3 is 0 Å². The molecule has 1 aromatic carbocycles. The molecule has 0 aliphatic carbocycles. The quantitative estimate of drug-likeness (QED) is 0.692. The third-order valence-corrected chi connectivity index (χ3v) is 2.84. The van der Waals surface area contributed by atoms with Crippen LogP contribution < -0.4 is 9.47 Å². The molecule has 0 aliphatic rings. The first-order valence-corrected chi connectivity index (χ1v) is 6.87. The van der Waals surface area contributed by atoms with Crippen molar-refractivity contribution in [3.63, 3.8) is 0 Å². The zero-order valence-electron chi connectivity index (χ0n) is 12.2. The van der Waals surface area contributed by atoms with Crippen molar-refractivity contribution in [2.75, 3.05) is 13.2 Å². The molecule has 0 aliphatic heterocycles. The van der Waals surface area contributed by atoms with Crippen LogP contribution in [0.15, 0.2) is 46.9 Å². The zero-order valence-corrected chi connectivity index (χ0v) is 12.2. The van der Waals surface area contributed by atoms with Gasteiger partial charge in [0, 0.05) is 6.07 Å². The summed E-state index contributed by atoms with van der Waals surface area (Å²) in [5.41, 5.74) is 2.93. The van der Waals surface area contributed by atoms with Crippen LogP contribution >= 0.6 is 0 Å². The number of hydrogen-bond acceptors (Lipinski definition) is 3. The van der Waals surface area contributed by atoms with Crippen LogP contribution in [-0.4, -0.2) is 13.2 Å². The third-order valence-electron chi connectivity index (χ3n) is 2.84. The van der Waals surface area contributed by atoms with Gasteiger partial charge in [0.25, 0.3) is 0 Å². The van der Waals surface area contributed by atoms with E-state index in [1.807, 2.05) is 63.2 Å². The van der Waals surface area contributed by atoms with Gasteiger partial charge < -0.3 is 13.9 Å². The molecule has 3 nitrogen and oxygen atoms in total. The fourth-order valence-electron chi connectivity index (χ4n) is 1.91. The number of furan rings is 2. The molecule has 0 unspecified atom stereocenters. The summed E-state index contributed by atoms with van der Waals surface area (Å²) in [7, 11) is 0. The van der Waals surface area contributed by atoms with Crippen molar-refractivity contribution >= 4 is 11.2 Å². The lowest BCUT2D eigenvalue weighted by molar-refractivity contribution is 0.338. The van der Waals surface area contributed by atoms with E-state index in [2.05, 4.69) is 0 Å². The Balaban J connectivity index is 0.000000147. The predicted octanol–water partition coefficient (Wildman–Crippen LogP) is 4.66. The SMILES string of the molecule is CCOc1cc2ccc1o2.CCOc1ccccc1C. The summed E-state index contributed by atoms with van der Waals surface area (Å²) in [4.78, 5) is 0. The second-order valence-corrected chi connectivity index (χ2v) is 4.34. The maximum absolute atomic E-state index is 5.34. The van der Waals surface area contributed by atoms with Gasteiger partial charge in [-0.15, -0.1) is 0 Å².